The fourth-order valence-electron chi connectivity index (χ4n) is 1.61. The number of aryl methyl sites for hydroxylation is 1. The van der Waals surface area contributed by atoms with Gasteiger partial charge in [0.15, 0.2) is 16.2 Å². The molecular formula is C12H14N2O4S2. The number of sulfone groups is 1. The summed E-state index contributed by atoms with van der Waals surface area (Å²) in [4.78, 5) is 16.6. The van der Waals surface area contributed by atoms with E-state index in [0.29, 0.717) is 12.1 Å². The third-order valence-corrected chi connectivity index (χ3v) is 5.51. The second-order valence-electron chi connectivity index (χ2n) is 4.16. The van der Waals surface area contributed by atoms with Crippen molar-refractivity contribution in [2.45, 2.75) is 24.1 Å². The van der Waals surface area contributed by atoms with Gasteiger partial charge in [0.1, 0.15) is 4.21 Å². The highest BCUT2D eigenvalue weighted by molar-refractivity contribution is 7.92. The van der Waals surface area contributed by atoms with Gasteiger partial charge in [-0.25, -0.2) is 13.4 Å². The van der Waals surface area contributed by atoms with Gasteiger partial charge in [0.05, 0.1) is 12.2 Å². The number of aromatic nitrogens is 1. The summed E-state index contributed by atoms with van der Waals surface area (Å²) in [6, 6.07) is 3.22. The van der Waals surface area contributed by atoms with Crippen LogP contribution in [0, 0.1) is 0 Å². The Balaban J connectivity index is 2.02. The normalized spacial score (nSPS) is 11.5. The number of hydrogen-bond donors (Lipinski definition) is 1. The van der Waals surface area contributed by atoms with Crippen LogP contribution in [0.25, 0.3) is 0 Å². The predicted octanol–water partition coefficient (Wildman–Crippen LogP) is 1.63. The zero-order chi connectivity index (χ0) is 14.8. The van der Waals surface area contributed by atoms with E-state index in [9.17, 15) is 13.2 Å². The van der Waals surface area contributed by atoms with Crippen LogP contribution in [0.2, 0.25) is 0 Å². The molecule has 0 bridgehead atoms. The Labute approximate surface area is 120 Å². The number of rotatable bonds is 5. The zero-order valence-electron chi connectivity index (χ0n) is 11.0. The topological polar surface area (TPSA) is 89.3 Å². The molecule has 2 heterocycles. The molecule has 2 aromatic rings. The van der Waals surface area contributed by atoms with Crippen molar-refractivity contribution in [2.75, 3.05) is 6.26 Å². The van der Waals surface area contributed by atoms with E-state index in [4.69, 9.17) is 4.42 Å². The molecule has 0 saturated heterocycles. The maximum absolute atomic E-state index is 11.9. The number of hydrogen-bond acceptors (Lipinski definition) is 6. The van der Waals surface area contributed by atoms with Crippen LogP contribution >= 0.6 is 11.3 Å². The Morgan fingerprint density at radius 1 is 1.45 bits per heavy atom. The lowest BCUT2D eigenvalue weighted by atomic mass is 10.2. The number of amides is 1. The molecule has 0 atom stereocenters. The van der Waals surface area contributed by atoms with Crippen molar-refractivity contribution in [3.8, 4) is 0 Å². The van der Waals surface area contributed by atoms with E-state index in [2.05, 4.69) is 10.3 Å². The maximum atomic E-state index is 11.9. The van der Waals surface area contributed by atoms with Crippen molar-refractivity contribution in [3.63, 3.8) is 0 Å². The van der Waals surface area contributed by atoms with Gasteiger partial charge >= 0.3 is 0 Å². The third-order valence-electron chi connectivity index (χ3n) is 2.61. The lowest BCUT2D eigenvalue weighted by molar-refractivity contribution is 0.0922. The molecule has 108 valence electrons. The second kappa shape index (κ2) is 5.76. The van der Waals surface area contributed by atoms with E-state index >= 15 is 0 Å². The molecule has 1 amide bonds. The minimum Gasteiger partial charge on any atom is -0.438 e. The zero-order valence-corrected chi connectivity index (χ0v) is 12.7. The Hall–Kier alpha value is -1.67. The van der Waals surface area contributed by atoms with Crippen LogP contribution < -0.4 is 5.32 Å². The number of nitrogens with one attached hydrogen (secondary N) is 1. The fourth-order valence-corrected chi connectivity index (χ4v) is 3.52. The highest BCUT2D eigenvalue weighted by Gasteiger charge is 2.16. The molecule has 0 aliphatic heterocycles. The summed E-state index contributed by atoms with van der Waals surface area (Å²) < 4.78 is 28.0. The van der Waals surface area contributed by atoms with E-state index in [0.717, 1.165) is 22.5 Å². The standard InChI is InChI=1S/C12H14N2O4S2/c1-3-9-11(18-7-14-9)12(15)13-6-8-4-5-10(19-8)20(2,16)17/h4-5,7H,3,6H2,1-2H3,(H,13,15). The highest BCUT2D eigenvalue weighted by atomic mass is 32.2. The summed E-state index contributed by atoms with van der Waals surface area (Å²) in [6.45, 7) is 2.13. The van der Waals surface area contributed by atoms with E-state index < -0.39 is 9.84 Å². The van der Waals surface area contributed by atoms with Gasteiger partial charge in [-0.2, -0.15) is 0 Å². The molecule has 2 aromatic heterocycles. The largest absolute Gasteiger partial charge is 0.438 e. The van der Waals surface area contributed by atoms with Crippen LogP contribution in [0.1, 0.15) is 28.0 Å². The average Bonchev–Trinajstić information content (AvgIpc) is 3.03. The van der Waals surface area contributed by atoms with Crippen LogP contribution in [0.4, 0.5) is 0 Å². The number of carbonyl (C=O) groups excluding carboxylic acids is 1. The van der Waals surface area contributed by atoms with E-state index in [1.807, 2.05) is 6.92 Å². The van der Waals surface area contributed by atoms with Crippen molar-refractivity contribution < 1.29 is 17.6 Å². The summed E-state index contributed by atoms with van der Waals surface area (Å²) in [5.74, 6) is -0.152. The van der Waals surface area contributed by atoms with Gasteiger partial charge in [-0.15, -0.1) is 11.3 Å². The van der Waals surface area contributed by atoms with Gasteiger partial charge in [-0.05, 0) is 18.6 Å². The van der Waals surface area contributed by atoms with Crippen molar-refractivity contribution in [1.29, 1.82) is 0 Å². The quantitative estimate of drug-likeness (QED) is 0.906. The number of oxazole rings is 1. The average molecular weight is 314 g/mol. The monoisotopic (exact) mass is 314 g/mol. The Kier molecular flexibility index (Phi) is 4.24. The number of thiophene rings is 1. The third kappa shape index (κ3) is 3.26. The van der Waals surface area contributed by atoms with Crippen LogP contribution in [0.3, 0.4) is 0 Å². The summed E-state index contributed by atoms with van der Waals surface area (Å²) in [5, 5.41) is 2.68. The first-order valence-electron chi connectivity index (χ1n) is 5.91. The van der Waals surface area contributed by atoms with Gasteiger partial charge < -0.3 is 9.73 Å². The maximum Gasteiger partial charge on any atom is 0.289 e. The molecule has 20 heavy (non-hydrogen) atoms. The second-order valence-corrected chi connectivity index (χ2v) is 7.57. The molecule has 0 aliphatic carbocycles. The molecule has 0 radical (unpaired) electrons. The Morgan fingerprint density at radius 2 is 2.20 bits per heavy atom. The van der Waals surface area contributed by atoms with Gasteiger partial charge in [-0.3, -0.25) is 4.79 Å². The minimum atomic E-state index is -3.20. The lowest BCUT2D eigenvalue weighted by Gasteiger charge is -2.01. The first-order valence-corrected chi connectivity index (χ1v) is 8.62. The molecule has 0 aromatic carbocycles. The molecule has 0 aliphatic rings. The Morgan fingerprint density at radius 3 is 2.80 bits per heavy atom. The first kappa shape index (κ1) is 14.7. The molecule has 0 saturated carbocycles. The molecule has 0 unspecified atom stereocenters. The van der Waals surface area contributed by atoms with E-state index in [1.165, 1.54) is 12.5 Å². The van der Waals surface area contributed by atoms with Crippen LogP contribution in [0.5, 0.6) is 0 Å². The van der Waals surface area contributed by atoms with Crippen molar-refractivity contribution >= 4 is 27.1 Å². The predicted molar refractivity (Wildman–Crippen MR) is 74.5 cm³/mol. The summed E-state index contributed by atoms with van der Waals surface area (Å²) in [5.41, 5.74) is 0.602. The van der Waals surface area contributed by atoms with Crippen LogP contribution in [-0.2, 0) is 22.8 Å². The number of carbonyl (C=O) groups is 1. The van der Waals surface area contributed by atoms with Gasteiger partial charge in [0, 0.05) is 11.1 Å². The van der Waals surface area contributed by atoms with Gasteiger partial charge in [-0.1, -0.05) is 6.92 Å². The highest BCUT2D eigenvalue weighted by Crippen LogP contribution is 2.21. The lowest BCUT2D eigenvalue weighted by Crippen LogP contribution is -2.22. The molecule has 2 rings (SSSR count). The fraction of sp³-hybridized carbons (Fsp3) is 0.333. The van der Waals surface area contributed by atoms with Gasteiger partial charge in [0.25, 0.3) is 5.91 Å². The van der Waals surface area contributed by atoms with E-state index in [-0.39, 0.29) is 22.4 Å². The summed E-state index contributed by atoms with van der Waals surface area (Å²) in [6.07, 6.45) is 3.00. The van der Waals surface area contributed by atoms with Crippen LogP contribution in [-0.4, -0.2) is 25.6 Å². The smallest absolute Gasteiger partial charge is 0.289 e. The number of nitrogens with zero attached hydrogens (tertiary/aromatic N) is 1. The van der Waals surface area contributed by atoms with Crippen LogP contribution in [0.15, 0.2) is 27.2 Å². The Bertz CT molecular complexity index is 715. The SMILES string of the molecule is CCc1ncoc1C(=O)NCc1ccc(S(C)(=O)=O)s1. The van der Waals surface area contributed by atoms with Crippen molar-refractivity contribution in [3.05, 3.63) is 34.9 Å². The summed E-state index contributed by atoms with van der Waals surface area (Å²) in [7, 11) is -3.20. The van der Waals surface area contributed by atoms with Crippen molar-refractivity contribution in [2.24, 2.45) is 0 Å². The molecule has 6 nitrogen and oxygen atoms in total. The minimum absolute atomic E-state index is 0.201. The van der Waals surface area contributed by atoms with Gasteiger partial charge in [0.2, 0.25) is 5.76 Å². The molecular weight excluding hydrogens is 300 g/mol. The van der Waals surface area contributed by atoms with Crippen molar-refractivity contribution in [1.82, 2.24) is 10.3 Å². The molecule has 1 N–H and O–H groups in total. The first-order chi connectivity index (χ1) is 9.41. The molecule has 8 heteroatoms. The molecule has 0 spiro atoms. The van der Waals surface area contributed by atoms with E-state index in [1.54, 1.807) is 6.07 Å². The summed E-state index contributed by atoms with van der Waals surface area (Å²) >= 11 is 1.14. The molecule has 0 fully saturated rings.